The highest BCUT2D eigenvalue weighted by Crippen LogP contribution is 2.08. The molecule has 0 saturated heterocycles. The number of aryl methyl sites for hydroxylation is 1. The van der Waals surface area contributed by atoms with Crippen molar-refractivity contribution in [1.29, 1.82) is 0 Å². The topological polar surface area (TPSA) is 38.8 Å². The minimum Gasteiger partial charge on any atom is -0.385 e. The molecule has 106 valence electrons. The van der Waals surface area contributed by atoms with Crippen molar-refractivity contribution >= 4 is 5.91 Å². The number of ether oxygens (including phenoxy) is 2. The maximum atomic E-state index is 12.4. The van der Waals surface area contributed by atoms with E-state index in [1.54, 1.807) is 14.2 Å². The van der Waals surface area contributed by atoms with Gasteiger partial charge in [-0.25, -0.2) is 0 Å². The average Bonchev–Trinajstić information content (AvgIpc) is 2.43. The lowest BCUT2D eigenvalue weighted by atomic mass is 10.1. The van der Waals surface area contributed by atoms with E-state index in [0.717, 1.165) is 17.5 Å². The molecule has 0 aromatic heterocycles. The van der Waals surface area contributed by atoms with Crippen LogP contribution in [0.2, 0.25) is 0 Å². The fraction of sp³-hybridized carbons (Fsp3) is 0.533. The molecule has 0 unspecified atom stereocenters. The van der Waals surface area contributed by atoms with E-state index in [1.807, 2.05) is 36.1 Å². The molecule has 0 aliphatic heterocycles. The molecular weight excluding hydrogens is 242 g/mol. The normalized spacial score (nSPS) is 10.5. The van der Waals surface area contributed by atoms with Crippen LogP contribution in [0.3, 0.4) is 0 Å². The molecule has 4 heteroatoms. The van der Waals surface area contributed by atoms with Gasteiger partial charge in [-0.15, -0.1) is 0 Å². The highest BCUT2D eigenvalue weighted by Gasteiger charge is 2.14. The van der Waals surface area contributed by atoms with E-state index in [-0.39, 0.29) is 5.91 Å². The maximum Gasteiger partial charge on any atom is 0.253 e. The second kappa shape index (κ2) is 8.67. The van der Waals surface area contributed by atoms with Crippen molar-refractivity contribution < 1.29 is 14.3 Å². The number of nitrogens with zero attached hydrogens (tertiary/aromatic N) is 1. The van der Waals surface area contributed by atoms with E-state index in [0.29, 0.717) is 26.3 Å². The zero-order valence-electron chi connectivity index (χ0n) is 12.0. The molecule has 4 nitrogen and oxygen atoms in total. The number of hydrogen-bond donors (Lipinski definition) is 0. The van der Waals surface area contributed by atoms with Gasteiger partial charge >= 0.3 is 0 Å². The third-order valence-electron chi connectivity index (χ3n) is 2.93. The molecule has 0 saturated carbocycles. The van der Waals surface area contributed by atoms with Crippen LogP contribution in [0.1, 0.15) is 22.3 Å². The Labute approximate surface area is 115 Å². The molecule has 1 rings (SSSR count). The zero-order chi connectivity index (χ0) is 14.1. The molecule has 1 aromatic rings. The van der Waals surface area contributed by atoms with Crippen LogP contribution in [0.15, 0.2) is 24.3 Å². The molecule has 0 N–H and O–H groups in total. The first kappa shape index (κ1) is 15.7. The van der Waals surface area contributed by atoms with E-state index in [1.165, 1.54) is 0 Å². The highest BCUT2D eigenvalue weighted by atomic mass is 16.5. The van der Waals surface area contributed by atoms with E-state index < -0.39 is 0 Å². The molecule has 1 amide bonds. The van der Waals surface area contributed by atoms with Crippen LogP contribution in [0.25, 0.3) is 0 Å². The van der Waals surface area contributed by atoms with Crippen LogP contribution in [-0.2, 0) is 9.47 Å². The number of carbonyl (C=O) groups is 1. The quantitative estimate of drug-likeness (QED) is 0.676. The lowest BCUT2D eigenvalue weighted by Crippen LogP contribution is -2.35. The molecular formula is C15H23NO3. The van der Waals surface area contributed by atoms with Gasteiger partial charge in [-0.1, -0.05) is 17.7 Å². The summed E-state index contributed by atoms with van der Waals surface area (Å²) in [6, 6.07) is 7.65. The Hall–Kier alpha value is -1.39. The van der Waals surface area contributed by atoms with E-state index in [9.17, 15) is 4.79 Å². The van der Waals surface area contributed by atoms with Crippen molar-refractivity contribution in [2.75, 3.05) is 40.5 Å². The molecule has 0 fully saturated rings. The summed E-state index contributed by atoms with van der Waals surface area (Å²) in [7, 11) is 3.31. The van der Waals surface area contributed by atoms with E-state index in [4.69, 9.17) is 9.47 Å². The van der Waals surface area contributed by atoms with Crippen molar-refractivity contribution in [3.05, 3.63) is 35.4 Å². The third kappa shape index (κ3) is 5.41. The SMILES string of the molecule is COCCCN(CCOC)C(=O)c1ccc(C)cc1. The van der Waals surface area contributed by atoms with Crippen molar-refractivity contribution in [2.45, 2.75) is 13.3 Å². The van der Waals surface area contributed by atoms with Gasteiger partial charge in [0.25, 0.3) is 5.91 Å². The summed E-state index contributed by atoms with van der Waals surface area (Å²) in [5.41, 5.74) is 1.87. The molecule has 19 heavy (non-hydrogen) atoms. The molecule has 0 aliphatic rings. The number of methoxy groups -OCH3 is 2. The van der Waals surface area contributed by atoms with Crippen molar-refractivity contribution in [3.8, 4) is 0 Å². The van der Waals surface area contributed by atoms with Crippen LogP contribution in [0, 0.1) is 6.92 Å². The Morgan fingerprint density at radius 3 is 2.26 bits per heavy atom. The van der Waals surface area contributed by atoms with Crippen LogP contribution in [0.5, 0.6) is 0 Å². The van der Waals surface area contributed by atoms with Gasteiger partial charge in [0.2, 0.25) is 0 Å². The summed E-state index contributed by atoms with van der Waals surface area (Å²) in [6.45, 7) is 4.50. The van der Waals surface area contributed by atoms with Gasteiger partial charge in [-0.05, 0) is 25.5 Å². The Kier molecular flexibility index (Phi) is 7.15. The second-order valence-corrected chi connectivity index (χ2v) is 4.50. The molecule has 1 aromatic carbocycles. The van der Waals surface area contributed by atoms with E-state index >= 15 is 0 Å². The smallest absolute Gasteiger partial charge is 0.253 e. The van der Waals surface area contributed by atoms with Crippen LogP contribution < -0.4 is 0 Å². The third-order valence-corrected chi connectivity index (χ3v) is 2.93. The summed E-state index contributed by atoms with van der Waals surface area (Å²) in [5, 5.41) is 0. The fourth-order valence-electron chi connectivity index (χ4n) is 1.79. The van der Waals surface area contributed by atoms with Gasteiger partial charge in [0.05, 0.1) is 6.61 Å². The van der Waals surface area contributed by atoms with Gasteiger partial charge < -0.3 is 14.4 Å². The first-order valence-electron chi connectivity index (χ1n) is 6.53. The Balaban J connectivity index is 2.66. The standard InChI is InChI=1S/C15H23NO3/c1-13-5-7-14(8-6-13)15(17)16(10-12-19-3)9-4-11-18-2/h5-8H,4,9-12H2,1-3H3. The van der Waals surface area contributed by atoms with Gasteiger partial charge in [0.15, 0.2) is 0 Å². The minimum absolute atomic E-state index is 0.0492. The molecule has 0 aliphatic carbocycles. The zero-order valence-corrected chi connectivity index (χ0v) is 12.0. The van der Waals surface area contributed by atoms with Gasteiger partial charge in [0.1, 0.15) is 0 Å². The second-order valence-electron chi connectivity index (χ2n) is 4.50. The first-order valence-corrected chi connectivity index (χ1v) is 6.53. The molecule has 0 heterocycles. The largest absolute Gasteiger partial charge is 0.385 e. The number of benzene rings is 1. The van der Waals surface area contributed by atoms with Crippen LogP contribution in [0.4, 0.5) is 0 Å². The Bertz CT molecular complexity index is 375. The molecule has 0 atom stereocenters. The number of hydrogen-bond acceptors (Lipinski definition) is 3. The monoisotopic (exact) mass is 265 g/mol. The average molecular weight is 265 g/mol. The molecule has 0 radical (unpaired) electrons. The van der Waals surface area contributed by atoms with Crippen molar-refractivity contribution in [3.63, 3.8) is 0 Å². The summed E-state index contributed by atoms with van der Waals surface area (Å²) in [4.78, 5) is 14.2. The Morgan fingerprint density at radius 2 is 1.68 bits per heavy atom. The predicted octanol–water partition coefficient (Wildman–Crippen LogP) is 2.12. The minimum atomic E-state index is 0.0492. The van der Waals surface area contributed by atoms with Gasteiger partial charge in [-0.2, -0.15) is 0 Å². The van der Waals surface area contributed by atoms with Crippen LogP contribution >= 0.6 is 0 Å². The van der Waals surface area contributed by atoms with E-state index in [2.05, 4.69) is 0 Å². The molecule has 0 bridgehead atoms. The lowest BCUT2D eigenvalue weighted by molar-refractivity contribution is 0.0674. The number of amides is 1. The fourth-order valence-corrected chi connectivity index (χ4v) is 1.79. The molecule has 0 spiro atoms. The summed E-state index contributed by atoms with van der Waals surface area (Å²) in [6.07, 6.45) is 0.831. The first-order chi connectivity index (χ1) is 9.19. The summed E-state index contributed by atoms with van der Waals surface area (Å²) >= 11 is 0. The lowest BCUT2D eigenvalue weighted by Gasteiger charge is -2.22. The predicted molar refractivity (Wildman–Crippen MR) is 75.5 cm³/mol. The number of carbonyl (C=O) groups excluding carboxylic acids is 1. The highest BCUT2D eigenvalue weighted by molar-refractivity contribution is 5.94. The Morgan fingerprint density at radius 1 is 1.05 bits per heavy atom. The van der Waals surface area contributed by atoms with Crippen LogP contribution in [-0.4, -0.2) is 51.3 Å². The maximum absolute atomic E-state index is 12.4. The summed E-state index contributed by atoms with van der Waals surface area (Å²) in [5.74, 6) is 0.0492. The van der Waals surface area contributed by atoms with Crippen molar-refractivity contribution in [2.24, 2.45) is 0 Å². The summed E-state index contributed by atoms with van der Waals surface area (Å²) < 4.78 is 10.1. The van der Waals surface area contributed by atoms with Gasteiger partial charge in [-0.3, -0.25) is 4.79 Å². The van der Waals surface area contributed by atoms with Gasteiger partial charge in [0, 0.05) is 39.5 Å². The number of rotatable bonds is 8. The van der Waals surface area contributed by atoms with Crippen molar-refractivity contribution in [1.82, 2.24) is 4.90 Å².